The summed E-state index contributed by atoms with van der Waals surface area (Å²) in [5, 5.41) is 5.31. The van der Waals surface area contributed by atoms with Gasteiger partial charge in [0.05, 0.1) is 17.3 Å². The van der Waals surface area contributed by atoms with Crippen LogP contribution >= 0.6 is 15.9 Å². The van der Waals surface area contributed by atoms with Crippen LogP contribution in [0.4, 0.5) is 0 Å². The van der Waals surface area contributed by atoms with Crippen LogP contribution in [-0.4, -0.2) is 32.1 Å². The van der Waals surface area contributed by atoms with Crippen molar-refractivity contribution in [1.82, 2.24) is 19.7 Å². The predicted molar refractivity (Wildman–Crippen MR) is 107 cm³/mol. The SMILES string of the molecule is CCCN(C(=O)c1cnc2c(c1)c(C)nn2C)C(C)c1ccccc1Br. The van der Waals surface area contributed by atoms with E-state index in [2.05, 4.69) is 45.9 Å². The molecule has 0 bridgehead atoms. The summed E-state index contributed by atoms with van der Waals surface area (Å²) in [6, 6.07) is 9.91. The summed E-state index contributed by atoms with van der Waals surface area (Å²) in [4.78, 5) is 19.6. The number of amides is 1. The molecule has 136 valence electrons. The monoisotopic (exact) mass is 414 g/mol. The topological polar surface area (TPSA) is 51.0 Å². The van der Waals surface area contributed by atoms with Gasteiger partial charge >= 0.3 is 0 Å². The Balaban J connectivity index is 1.99. The smallest absolute Gasteiger partial charge is 0.255 e. The zero-order valence-electron chi connectivity index (χ0n) is 15.5. The van der Waals surface area contributed by atoms with Crippen LogP contribution in [0.15, 0.2) is 41.0 Å². The van der Waals surface area contributed by atoms with Crippen molar-refractivity contribution in [1.29, 1.82) is 0 Å². The van der Waals surface area contributed by atoms with Crippen LogP contribution in [0.3, 0.4) is 0 Å². The van der Waals surface area contributed by atoms with Crippen LogP contribution in [-0.2, 0) is 7.05 Å². The van der Waals surface area contributed by atoms with Gasteiger partial charge in [-0.15, -0.1) is 0 Å². The van der Waals surface area contributed by atoms with Gasteiger partial charge in [-0.25, -0.2) is 4.98 Å². The minimum atomic E-state index is -0.0382. The van der Waals surface area contributed by atoms with Crippen LogP contribution in [0.25, 0.3) is 11.0 Å². The molecule has 6 heteroatoms. The number of carbonyl (C=O) groups is 1. The summed E-state index contributed by atoms with van der Waals surface area (Å²) >= 11 is 3.61. The van der Waals surface area contributed by atoms with Gasteiger partial charge in [0, 0.05) is 29.6 Å². The number of hydrogen-bond donors (Lipinski definition) is 0. The molecule has 1 unspecified atom stereocenters. The zero-order chi connectivity index (χ0) is 18.8. The molecule has 26 heavy (non-hydrogen) atoms. The van der Waals surface area contributed by atoms with Crippen LogP contribution < -0.4 is 0 Å². The first-order valence-corrected chi connectivity index (χ1v) is 9.58. The van der Waals surface area contributed by atoms with Gasteiger partial charge in [0.15, 0.2) is 5.65 Å². The van der Waals surface area contributed by atoms with E-state index in [4.69, 9.17) is 0 Å². The van der Waals surface area contributed by atoms with Crippen molar-refractivity contribution in [3.05, 3.63) is 57.8 Å². The maximum atomic E-state index is 13.3. The second-order valence-electron chi connectivity index (χ2n) is 6.50. The third-order valence-electron chi connectivity index (χ3n) is 4.66. The molecule has 2 aromatic heterocycles. The number of benzene rings is 1. The predicted octanol–water partition coefficient (Wildman–Crippen LogP) is 4.65. The molecule has 1 amide bonds. The van der Waals surface area contributed by atoms with Crippen molar-refractivity contribution >= 4 is 32.9 Å². The van der Waals surface area contributed by atoms with E-state index < -0.39 is 0 Å². The number of aromatic nitrogens is 3. The Morgan fingerprint density at radius 1 is 1.35 bits per heavy atom. The van der Waals surface area contributed by atoms with Gasteiger partial charge in [0.2, 0.25) is 0 Å². The molecule has 0 radical (unpaired) electrons. The molecule has 0 saturated heterocycles. The number of nitrogens with zero attached hydrogens (tertiary/aromatic N) is 4. The summed E-state index contributed by atoms with van der Waals surface area (Å²) in [6.45, 7) is 6.77. The third-order valence-corrected chi connectivity index (χ3v) is 5.38. The molecule has 0 spiro atoms. The van der Waals surface area contributed by atoms with E-state index in [1.807, 2.05) is 43.1 Å². The first kappa shape index (κ1) is 18.6. The summed E-state index contributed by atoms with van der Waals surface area (Å²) in [7, 11) is 1.86. The van der Waals surface area contributed by atoms with E-state index in [1.165, 1.54) is 0 Å². The van der Waals surface area contributed by atoms with Gasteiger partial charge in [-0.2, -0.15) is 5.10 Å². The van der Waals surface area contributed by atoms with Crippen molar-refractivity contribution < 1.29 is 4.79 Å². The highest BCUT2D eigenvalue weighted by molar-refractivity contribution is 9.10. The van der Waals surface area contributed by atoms with Gasteiger partial charge in [0.1, 0.15) is 0 Å². The number of rotatable bonds is 5. The highest BCUT2D eigenvalue weighted by atomic mass is 79.9. The normalized spacial score (nSPS) is 12.3. The third kappa shape index (κ3) is 3.38. The largest absolute Gasteiger partial charge is 0.332 e. The van der Waals surface area contributed by atoms with E-state index in [9.17, 15) is 4.79 Å². The van der Waals surface area contributed by atoms with Crippen molar-refractivity contribution in [3.8, 4) is 0 Å². The first-order valence-electron chi connectivity index (χ1n) is 8.78. The number of aryl methyl sites for hydroxylation is 2. The van der Waals surface area contributed by atoms with Crippen molar-refractivity contribution in [2.45, 2.75) is 33.2 Å². The molecule has 2 heterocycles. The second-order valence-corrected chi connectivity index (χ2v) is 7.35. The molecular formula is C20H23BrN4O. The summed E-state index contributed by atoms with van der Waals surface area (Å²) in [5.74, 6) is -0.00671. The molecular weight excluding hydrogens is 392 g/mol. The molecule has 0 aliphatic rings. The molecule has 0 N–H and O–H groups in total. The molecule has 1 atom stereocenters. The molecule has 1 aromatic carbocycles. The molecule has 5 nitrogen and oxygen atoms in total. The van der Waals surface area contributed by atoms with Crippen molar-refractivity contribution in [2.24, 2.45) is 7.05 Å². The number of hydrogen-bond acceptors (Lipinski definition) is 3. The van der Waals surface area contributed by atoms with Crippen LogP contribution in [0.5, 0.6) is 0 Å². The highest BCUT2D eigenvalue weighted by Crippen LogP contribution is 2.29. The lowest BCUT2D eigenvalue weighted by Gasteiger charge is -2.30. The van der Waals surface area contributed by atoms with Gasteiger partial charge < -0.3 is 4.90 Å². The minimum absolute atomic E-state index is 0.00671. The van der Waals surface area contributed by atoms with Gasteiger partial charge in [-0.1, -0.05) is 41.1 Å². The van der Waals surface area contributed by atoms with E-state index >= 15 is 0 Å². The second kappa shape index (κ2) is 7.58. The van der Waals surface area contributed by atoms with Crippen LogP contribution in [0, 0.1) is 6.92 Å². The fraction of sp³-hybridized carbons (Fsp3) is 0.350. The Kier molecular flexibility index (Phi) is 5.41. The Bertz CT molecular complexity index is 950. The lowest BCUT2D eigenvalue weighted by molar-refractivity contribution is 0.0690. The molecule has 3 rings (SSSR count). The lowest BCUT2D eigenvalue weighted by Crippen LogP contribution is -2.34. The zero-order valence-corrected chi connectivity index (χ0v) is 17.1. The Hall–Kier alpha value is -2.21. The Labute approximate surface area is 162 Å². The van der Waals surface area contributed by atoms with Crippen LogP contribution in [0.1, 0.15) is 47.9 Å². The average molecular weight is 415 g/mol. The fourth-order valence-corrected chi connectivity index (χ4v) is 3.90. The summed E-state index contributed by atoms with van der Waals surface area (Å²) in [5.41, 5.74) is 3.37. The van der Waals surface area contributed by atoms with Gasteiger partial charge in [-0.3, -0.25) is 9.48 Å². The average Bonchev–Trinajstić information content (AvgIpc) is 2.92. The van der Waals surface area contributed by atoms with Crippen LogP contribution in [0.2, 0.25) is 0 Å². The molecule has 0 saturated carbocycles. The Morgan fingerprint density at radius 3 is 2.77 bits per heavy atom. The number of pyridine rings is 1. The van der Waals surface area contributed by atoms with Crippen molar-refractivity contribution in [2.75, 3.05) is 6.54 Å². The van der Waals surface area contributed by atoms with E-state index in [1.54, 1.807) is 10.9 Å². The molecule has 0 fully saturated rings. The van der Waals surface area contributed by atoms with E-state index in [0.717, 1.165) is 33.2 Å². The van der Waals surface area contributed by atoms with E-state index in [0.29, 0.717) is 12.1 Å². The lowest BCUT2D eigenvalue weighted by atomic mass is 10.1. The van der Waals surface area contributed by atoms with Gasteiger partial charge in [-0.05, 0) is 38.0 Å². The minimum Gasteiger partial charge on any atom is -0.332 e. The van der Waals surface area contributed by atoms with E-state index in [-0.39, 0.29) is 11.9 Å². The van der Waals surface area contributed by atoms with Crippen molar-refractivity contribution in [3.63, 3.8) is 0 Å². The quantitative estimate of drug-likeness (QED) is 0.610. The number of halogens is 1. The Morgan fingerprint density at radius 2 is 2.08 bits per heavy atom. The number of fused-ring (bicyclic) bond motifs is 1. The maximum absolute atomic E-state index is 13.3. The molecule has 0 aliphatic carbocycles. The number of carbonyl (C=O) groups excluding carboxylic acids is 1. The fourth-order valence-electron chi connectivity index (χ4n) is 3.28. The molecule has 0 aliphatic heterocycles. The summed E-state index contributed by atoms with van der Waals surface area (Å²) < 4.78 is 2.75. The molecule has 3 aromatic rings. The summed E-state index contributed by atoms with van der Waals surface area (Å²) in [6.07, 6.45) is 2.54. The first-order chi connectivity index (χ1) is 12.4. The maximum Gasteiger partial charge on any atom is 0.255 e. The highest BCUT2D eigenvalue weighted by Gasteiger charge is 2.24. The van der Waals surface area contributed by atoms with Gasteiger partial charge in [0.25, 0.3) is 5.91 Å². The standard InChI is InChI=1S/C20H23BrN4O/c1-5-10-25(14(3)16-8-6-7-9-18(16)21)20(26)15-11-17-13(2)23-24(4)19(17)22-12-15/h6-9,11-12,14H,5,10H2,1-4H3.